The van der Waals surface area contributed by atoms with Gasteiger partial charge in [-0.1, -0.05) is 23.4 Å². The molecule has 1 aromatic rings. The molecule has 1 aromatic carbocycles. The van der Waals surface area contributed by atoms with Gasteiger partial charge in [-0.25, -0.2) is 0 Å². The summed E-state index contributed by atoms with van der Waals surface area (Å²) in [6.07, 6.45) is 1.44. The molecule has 0 aromatic heterocycles. The van der Waals surface area contributed by atoms with Crippen LogP contribution < -0.4 is 0 Å². The molecule has 0 saturated heterocycles. The van der Waals surface area contributed by atoms with Gasteiger partial charge in [0.1, 0.15) is 10.6 Å². The van der Waals surface area contributed by atoms with E-state index in [1.54, 1.807) is 32.0 Å². The van der Waals surface area contributed by atoms with Crippen molar-refractivity contribution >= 4 is 37.5 Å². The van der Waals surface area contributed by atoms with Gasteiger partial charge < -0.3 is 0 Å². The Hall–Kier alpha value is -1.73. The molecule has 0 fully saturated rings. The Bertz CT molecular complexity index is 776. The summed E-state index contributed by atoms with van der Waals surface area (Å²) < 4.78 is 28.9. The fourth-order valence-electron chi connectivity index (χ4n) is 1.65. The van der Waals surface area contributed by atoms with Crippen molar-refractivity contribution in [1.82, 2.24) is 0 Å². The van der Waals surface area contributed by atoms with Gasteiger partial charge in [0.2, 0.25) is 0 Å². The third-order valence-corrected chi connectivity index (χ3v) is 4.74. The zero-order valence-electron chi connectivity index (χ0n) is 11.3. The second kappa shape index (κ2) is 5.95. The summed E-state index contributed by atoms with van der Waals surface area (Å²) in [5, 5.41) is 3.66. The van der Waals surface area contributed by atoms with Crippen molar-refractivity contribution < 1.29 is 17.5 Å². The number of allylic oxidation sites excluding steroid dienone is 4. The standard InChI is InChI=1S/C14H12BrNO4S/c1-9-10(2)14(17)12(15)8-13(9)16-20-21(18,19)11-6-4-3-5-7-11/h3-8H,1-2H3/b16-13+. The summed E-state index contributed by atoms with van der Waals surface area (Å²) in [6, 6.07) is 7.72. The van der Waals surface area contributed by atoms with Crippen molar-refractivity contribution in [2.75, 3.05) is 0 Å². The van der Waals surface area contributed by atoms with E-state index < -0.39 is 10.1 Å². The number of ketones is 1. The number of hydrogen-bond donors (Lipinski definition) is 0. The van der Waals surface area contributed by atoms with Gasteiger partial charge in [-0.05, 0) is 53.6 Å². The monoisotopic (exact) mass is 369 g/mol. The molecule has 7 heteroatoms. The molecule has 5 nitrogen and oxygen atoms in total. The quantitative estimate of drug-likeness (QED) is 0.606. The molecule has 0 bridgehead atoms. The van der Waals surface area contributed by atoms with Gasteiger partial charge in [0.05, 0.1) is 4.48 Å². The smallest absolute Gasteiger partial charge is 0.288 e. The van der Waals surface area contributed by atoms with E-state index >= 15 is 0 Å². The van der Waals surface area contributed by atoms with E-state index in [-0.39, 0.29) is 10.7 Å². The molecule has 1 aliphatic carbocycles. The zero-order valence-corrected chi connectivity index (χ0v) is 13.7. The Morgan fingerprint density at radius 3 is 2.33 bits per heavy atom. The molecule has 0 radical (unpaired) electrons. The number of carbonyl (C=O) groups is 1. The van der Waals surface area contributed by atoms with Crippen LogP contribution in [0.25, 0.3) is 0 Å². The van der Waals surface area contributed by atoms with E-state index in [1.807, 2.05) is 0 Å². The minimum atomic E-state index is -3.97. The third kappa shape index (κ3) is 3.30. The molecule has 0 spiro atoms. The highest BCUT2D eigenvalue weighted by Gasteiger charge is 2.22. The lowest BCUT2D eigenvalue weighted by molar-refractivity contribution is -0.111. The average Bonchev–Trinajstić information content (AvgIpc) is 2.48. The fourth-order valence-corrected chi connectivity index (χ4v) is 2.92. The molecule has 0 atom stereocenters. The maximum Gasteiger partial charge on any atom is 0.358 e. The molecule has 0 N–H and O–H groups in total. The van der Waals surface area contributed by atoms with Crippen molar-refractivity contribution in [2.24, 2.45) is 5.16 Å². The van der Waals surface area contributed by atoms with E-state index in [2.05, 4.69) is 21.1 Å². The van der Waals surface area contributed by atoms with Crippen molar-refractivity contribution in [3.63, 3.8) is 0 Å². The first-order chi connectivity index (χ1) is 9.83. The van der Waals surface area contributed by atoms with Crippen LogP contribution in [-0.2, 0) is 19.2 Å². The number of halogens is 1. The second-order valence-electron chi connectivity index (χ2n) is 4.39. The van der Waals surface area contributed by atoms with Gasteiger partial charge >= 0.3 is 10.1 Å². The normalized spacial score (nSPS) is 18.0. The lowest BCUT2D eigenvalue weighted by Crippen LogP contribution is -2.15. The Morgan fingerprint density at radius 1 is 1.10 bits per heavy atom. The van der Waals surface area contributed by atoms with E-state index in [9.17, 15) is 13.2 Å². The Labute approximate surface area is 131 Å². The maximum absolute atomic E-state index is 12.0. The molecule has 0 amide bonds. The Kier molecular flexibility index (Phi) is 4.43. The van der Waals surface area contributed by atoms with Gasteiger partial charge in [-0.2, -0.15) is 8.42 Å². The van der Waals surface area contributed by atoms with Crippen molar-refractivity contribution in [2.45, 2.75) is 18.7 Å². The molecule has 2 rings (SSSR count). The Morgan fingerprint density at radius 2 is 1.71 bits per heavy atom. The largest absolute Gasteiger partial charge is 0.358 e. The van der Waals surface area contributed by atoms with Crippen LogP contribution >= 0.6 is 15.9 Å². The van der Waals surface area contributed by atoms with Crippen LogP contribution in [0.3, 0.4) is 0 Å². The van der Waals surface area contributed by atoms with Crippen molar-refractivity contribution in [3.8, 4) is 0 Å². The fraction of sp³-hybridized carbons (Fsp3) is 0.143. The number of benzene rings is 1. The average molecular weight is 370 g/mol. The lowest BCUT2D eigenvalue weighted by Gasteiger charge is -2.12. The third-order valence-electron chi connectivity index (χ3n) is 3.03. The van der Waals surface area contributed by atoms with Crippen LogP contribution in [0, 0.1) is 0 Å². The van der Waals surface area contributed by atoms with Gasteiger partial charge in [0.25, 0.3) is 0 Å². The molecule has 0 unspecified atom stereocenters. The SMILES string of the molecule is CC1=C(C)/C(=N/OS(=O)(=O)c2ccccc2)C=C(Br)C1=O. The Balaban J connectivity index is 2.32. The molecular formula is C14H12BrNO4S. The van der Waals surface area contributed by atoms with Crippen molar-refractivity contribution in [1.29, 1.82) is 0 Å². The summed E-state index contributed by atoms with van der Waals surface area (Å²) in [6.45, 7) is 3.33. The number of rotatable bonds is 3. The molecular weight excluding hydrogens is 358 g/mol. The summed E-state index contributed by atoms with van der Waals surface area (Å²) >= 11 is 3.12. The van der Waals surface area contributed by atoms with Crippen LogP contribution in [0.5, 0.6) is 0 Å². The maximum atomic E-state index is 12.0. The highest BCUT2D eigenvalue weighted by Crippen LogP contribution is 2.23. The van der Waals surface area contributed by atoms with Crippen LogP contribution in [0.4, 0.5) is 0 Å². The lowest BCUT2D eigenvalue weighted by atomic mass is 9.97. The number of Topliss-reactive ketones (excluding diaryl/α,β-unsaturated/α-hetero) is 1. The first-order valence-corrected chi connectivity index (χ1v) is 8.19. The summed E-state index contributed by atoms with van der Waals surface area (Å²) in [5.74, 6) is -0.155. The van der Waals surface area contributed by atoms with E-state index in [4.69, 9.17) is 4.28 Å². The molecule has 0 saturated carbocycles. The van der Waals surface area contributed by atoms with Gasteiger partial charge in [-0.3, -0.25) is 9.08 Å². The number of nitrogens with zero attached hydrogens (tertiary/aromatic N) is 1. The minimum Gasteiger partial charge on any atom is -0.288 e. The van der Waals surface area contributed by atoms with Gasteiger partial charge in [-0.15, -0.1) is 0 Å². The zero-order chi connectivity index (χ0) is 15.6. The predicted molar refractivity (Wildman–Crippen MR) is 82.5 cm³/mol. The summed E-state index contributed by atoms with van der Waals surface area (Å²) in [4.78, 5) is 11.7. The van der Waals surface area contributed by atoms with Crippen LogP contribution in [0.2, 0.25) is 0 Å². The minimum absolute atomic E-state index is 0.0163. The highest BCUT2D eigenvalue weighted by atomic mass is 79.9. The first-order valence-electron chi connectivity index (χ1n) is 5.99. The molecule has 0 aliphatic heterocycles. The van der Waals surface area contributed by atoms with Crippen molar-refractivity contribution in [3.05, 3.63) is 52.0 Å². The van der Waals surface area contributed by atoms with E-state index in [1.165, 1.54) is 18.2 Å². The van der Waals surface area contributed by atoms with E-state index in [0.717, 1.165) is 0 Å². The molecule has 21 heavy (non-hydrogen) atoms. The first kappa shape index (κ1) is 15.7. The summed E-state index contributed by atoms with van der Waals surface area (Å²) in [5.41, 5.74) is 1.36. The van der Waals surface area contributed by atoms with E-state index in [0.29, 0.717) is 21.3 Å². The number of oxime groups is 1. The number of hydrogen-bond acceptors (Lipinski definition) is 5. The van der Waals surface area contributed by atoms with Gasteiger partial charge in [0, 0.05) is 5.57 Å². The number of carbonyl (C=O) groups excluding carboxylic acids is 1. The van der Waals surface area contributed by atoms with Crippen LogP contribution in [0.1, 0.15) is 13.8 Å². The molecule has 1 aliphatic rings. The second-order valence-corrected chi connectivity index (χ2v) is 6.77. The summed E-state index contributed by atoms with van der Waals surface area (Å²) in [7, 11) is -3.97. The van der Waals surface area contributed by atoms with Crippen LogP contribution in [0.15, 0.2) is 62.1 Å². The van der Waals surface area contributed by atoms with Crippen LogP contribution in [-0.4, -0.2) is 19.9 Å². The van der Waals surface area contributed by atoms with Gasteiger partial charge in [0.15, 0.2) is 5.78 Å². The topological polar surface area (TPSA) is 72.8 Å². The molecule has 0 heterocycles. The highest BCUT2D eigenvalue weighted by molar-refractivity contribution is 9.12. The molecule has 110 valence electrons. The predicted octanol–water partition coefficient (Wildman–Crippen LogP) is 2.95.